The number of piperazine rings is 1. The Morgan fingerprint density at radius 1 is 1.20 bits per heavy atom. The fourth-order valence-electron chi connectivity index (χ4n) is 5.46. The Balaban J connectivity index is 1.36. The summed E-state index contributed by atoms with van der Waals surface area (Å²) in [5.74, 6) is -0.868. The van der Waals surface area contributed by atoms with Crippen LogP contribution in [-0.4, -0.2) is 76.9 Å². The molecule has 2 aromatic heterocycles. The normalized spacial score (nSPS) is 22.3. The topological polar surface area (TPSA) is 131 Å². The Kier molecular flexibility index (Phi) is 6.57. The number of amides is 1. The number of aryl methyl sites for hydroxylation is 1. The Hall–Kier alpha value is -3.84. The average molecular weight is 568 g/mol. The van der Waals surface area contributed by atoms with Gasteiger partial charge in [-0.3, -0.25) is 9.48 Å². The molecule has 0 bridgehead atoms. The van der Waals surface area contributed by atoms with Gasteiger partial charge in [0.15, 0.2) is 15.7 Å². The molecule has 0 spiro atoms. The number of rotatable bonds is 6. The molecule has 40 heavy (non-hydrogen) atoms. The summed E-state index contributed by atoms with van der Waals surface area (Å²) < 4.78 is 45.7. The number of hydrogen-bond acceptors (Lipinski definition) is 9. The molecule has 13 heteroatoms. The molecule has 11 nitrogen and oxygen atoms in total. The van der Waals surface area contributed by atoms with E-state index in [4.69, 9.17) is 4.74 Å². The molecule has 1 unspecified atom stereocenters. The van der Waals surface area contributed by atoms with E-state index in [1.807, 2.05) is 6.07 Å². The van der Waals surface area contributed by atoms with Gasteiger partial charge in [0, 0.05) is 66.8 Å². The fraction of sp³-hybridized carbons (Fsp3) is 0.407. The molecule has 2 N–H and O–H groups in total. The SMILES string of the molecule is C[C@H]1CN(c2ccc(C(=O)Nc3cc(F)c4nn(C)cc4c3)c3nc(OCC4CCS4(=O)=O)ncc23)C[C@H](C)N1. The Bertz CT molecular complexity index is 1730. The van der Waals surface area contributed by atoms with Crippen molar-refractivity contribution < 1.29 is 22.3 Å². The minimum Gasteiger partial charge on any atom is -0.462 e. The van der Waals surface area contributed by atoms with E-state index in [2.05, 4.69) is 44.4 Å². The first-order valence-electron chi connectivity index (χ1n) is 13.2. The monoisotopic (exact) mass is 567 g/mol. The van der Waals surface area contributed by atoms with Crippen molar-refractivity contribution in [2.75, 3.05) is 35.7 Å². The lowest BCUT2D eigenvalue weighted by molar-refractivity contribution is 0.102. The number of anilines is 2. The number of nitrogens with zero attached hydrogens (tertiary/aromatic N) is 5. The van der Waals surface area contributed by atoms with Crippen LogP contribution in [0, 0.1) is 5.82 Å². The second-order valence-corrected chi connectivity index (χ2v) is 13.1. The largest absolute Gasteiger partial charge is 0.462 e. The second kappa shape index (κ2) is 9.97. The third kappa shape index (κ3) is 4.94. The summed E-state index contributed by atoms with van der Waals surface area (Å²) in [5, 5.41) is 11.0. The highest BCUT2D eigenvalue weighted by molar-refractivity contribution is 7.93. The molecule has 4 aromatic rings. The molecule has 210 valence electrons. The second-order valence-electron chi connectivity index (χ2n) is 10.7. The van der Waals surface area contributed by atoms with E-state index >= 15 is 0 Å². The van der Waals surface area contributed by atoms with Gasteiger partial charge in [-0.2, -0.15) is 10.1 Å². The van der Waals surface area contributed by atoms with Crippen molar-refractivity contribution in [3.8, 4) is 6.01 Å². The van der Waals surface area contributed by atoms with Gasteiger partial charge >= 0.3 is 6.01 Å². The van der Waals surface area contributed by atoms with E-state index in [-0.39, 0.29) is 47.2 Å². The van der Waals surface area contributed by atoms with E-state index in [1.54, 1.807) is 31.6 Å². The van der Waals surface area contributed by atoms with E-state index in [1.165, 1.54) is 10.7 Å². The molecule has 2 saturated heterocycles. The standard InChI is InChI=1S/C27H30FN7O4S/c1-15-11-35(12-16(2)30-15)23-5-4-20(26(36)31-18-8-17-13-34(3)33-24(17)22(28)9-18)25-21(23)10-29-27(32-25)39-14-19-6-7-40(19,37)38/h4-5,8-10,13,15-16,19,30H,6-7,11-12,14H2,1-3H3,(H,31,36)/t15-,16-,19?/m0/s1. The van der Waals surface area contributed by atoms with Crippen LogP contribution in [0.3, 0.4) is 0 Å². The quantitative estimate of drug-likeness (QED) is 0.361. The first-order chi connectivity index (χ1) is 19.1. The van der Waals surface area contributed by atoms with Crippen LogP contribution in [0.5, 0.6) is 6.01 Å². The summed E-state index contributed by atoms with van der Waals surface area (Å²) in [7, 11) is -1.44. The molecule has 2 aromatic carbocycles. The van der Waals surface area contributed by atoms with Crippen LogP contribution in [-0.2, 0) is 16.9 Å². The van der Waals surface area contributed by atoms with Crippen LogP contribution in [0.1, 0.15) is 30.6 Å². The third-order valence-corrected chi connectivity index (χ3v) is 9.61. The predicted octanol–water partition coefficient (Wildman–Crippen LogP) is 2.66. The lowest BCUT2D eigenvalue weighted by Crippen LogP contribution is -2.54. The highest BCUT2D eigenvalue weighted by atomic mass is 32.2. The maximum atomic E-state index is 14.7. The number of fused-ring (bicyclic) bond motifs is 2. The number of aromatic nitrogens is 4. The molecule has 2 aliphatic rings. The number of ether oxygens (including phenoxy) is 1. The van der Waals surface area contributed by atoms with Gasteiger partial charge in [-0.1, -0.05) is 0 Å². The van der Waals surface area contributed by atoms with Crippen molar-refractivity contribution >= 4 is 48.9 Å². The molecule has 1 amide bonds. The van der Waals surface area contributed by atoms with Gasteiger partial charge in [0.2, 0.25) is 0 Å². The lowest BCUT2D eigenvalue weighted by atomic mass is 10.0. The van der Waals surface area contributed by atoms with Crippen LogP contribution in [0.25, 0.3) is 21.8 Å². The molecule has 3 atom stereocenters. The highest BCUT2D eigenvalue weighted by Gasteiger charge is 2.36. The minimum atomic E-state index is -3.13. The van der Waals surface area contributed by atoms with Crippen LogP contribution in [0.2, 0.25) is 0 Å². The van der Waals surface area contributed by atoms with Crippen LogP contribution >= 0.6 is 0 Å². The van der Waals surface area contributed by atoms with Gasteiger partial charge in [0.05, 0.1) is 22.1 Å². The summed E-state index contributed by atoms with van der Waals surface area (Å²) in [6.45, 7) is 5.69. The Morgan fingerprint density at radius 3 is 2.67 bits per heavy atom. The van der Waals surface area contributed by atoms with Gasteiger partial charge in [0.25, 0.3) is 5.91 Å². The first-order valence-corrected chi connectivity index (χ1v) is 14.9. The molecule has 2 aliphatic heterocycles. The zero-order valence-corrected chi connectivity index (χ0v) is 23.2. The smallest absolute Gasteiger partial charge is 0.316 e. The van der Waals surface area contributed by atoms with Gasteiger partial charge < -0.3 is 20.3 Å². The first kappa shape index (κ1) is 26.4. The summed E-state index contributed by atoms with van der Waals surface area (Å²) in [5.41, 5.74) is 2.00. The molecule has 4 heterocycles. The maximum absolute atomic E-state index is 14.7. The molecule has 0 saturated carbocycles. The Labute approximate surface area is 230 Å². The molecule has 2 fully saturated rings. The summed E-state index contributed by atoms with van der Waals surface area (Å²) in [6.07, 6.45) is 3.82. The summed E-state index contributed by atoms with van der Waals surface area (Å²) in [4.78, 5) is 24.7. The van der Waals surface area contributed by atoms with Gasteiger partial charge in [0.1, 0.15) is 12.1 Å². The zero-order chi connectivity index (χ0) is 28.2. The zero-order valence-electron chi connectivity index (χ0n) is 22.4. The van der Waals surface area contributed by atoms with E-state index in [9.17, 15) is 17.6 Å². The average Bonchev–Trinajstić information content (AvgIpc) is 3.27. The molecule has 0 radical (unpaired) electrons. The summed E-state index contributed by atoms with van der Waals surface area (Å²) >= 11 is 0. The molecular formula is C27H30FN7O4S. The van der Waals surface area contributed by atoms with E-state index in [0.717, 1.165) is 18.8 Å². The number of halogens is 1. The Morgan fingerprint density at radius 2 is 1.98 bits per heavy atom. The predicted molar refractivity (Wildman–Crippen MR) is 150 cm³/mol. The number of sulfone groups is 1. The minimum absolute atomic E-state index is 0.00864. The molecular weight excluding hydrogens is 537 g/mol. The highest BCUT2D eigenvalue weighted by Crippen LogP contribution is 2.32. The lowest BCUT2D eigenvalue weighted by Gasteiger charge is -2.38. The van der Waals surface area contributed by atoms with Gasteiger partial charge in [-0.05, 0) is 44.5 Å². The number of hydrogen-bond donors (Lipinski definition) is 2. The third-order valence-electron chi connectivity index (χ3n) is 7.41. The fourth-order valence-corrected chi connectivity index (χ4v) is 6.68. The number of carbonyl (C=O) groups is 1. The van der Waals surface area contributed by atoms with Crippen molar-refractivity contribution in [1.82, 2.24) is 25.1 Å². The molecule has 6 rings (SSSR count). The van der Waals surface area contributed by atoms with Crippen molar-refractivity contribution in [2.45, 2.75) is 37.6 Å². The molecule has 0 aliphatic carbocycles. The van der Waals surface area contributed by atoms with E-state index < -0.39 is 26.8 Å². The van der Waals surface area contributed by atoms with Gasteiger partial charge in [-0.15, -0.1) is 0 Å². The number of nitrogens with one attached hydrogen (secondary N) is 2. The van der Waals surface area contributed by atoms with Crippen LogP contribution in [0.4, 0.5) is 15.8 Å². The van der Waals surface area contributed by atoms with Crippen LogP contribution < -0.4 is 20.3 Å². The maximum Gasteiger partial charge on any atom is 0.316 e. The van der Waals surface area contributed by atoms with Gasteiger partial charge in [-0.25, -0.2) is 17.8 Å². The number of carbonyl (C=O) groups excluding carboxylic acids is 1. The van der Waals surface area contributed by atoms with E-state index in [0.29, 0.717) is 22.7 Å². The number of benzene rings is 2. The van der Waals surface area contributed by atoms with Crippen molar-refractivity contribution in [3.05, 3.63) is 48.0 Å². The summed E-state index contributed by atoms with van der Waals surface area (Å²) in [6, 6.07) is 6.96. The van der Waals surface area contributed by atoms with Crippen molar-refractivity contribution in [3.63, 3.8) is 0 Å². The van der Waals surface area contributed by atoms with Crippen molar-refractivity contribution in [2.24, 2.45) is 7.05 Å². The van der Waals surface area contributed by atoms with Crippen LogP contribution in [0.15, 0.2) is 36.7 Å². The van der Waals surface area contributed by atoms with Crippen molar-refractivity contribution in [1.29, 1.82) is 0 Å².